The number of hydrogen-bond acceptors (Lipinski definition) is 2. The fraction of sp³-hybridized carbons (Fsp3) is 0.250. The quantitative estimate of drug-likeness (QED) is 0.740. The molecule has 2 heterocycles. The lowest BCUT2D eigenvalue weighted by atomic mass is 10.0. The maximum Gasteiger partial charge on any atom is 0.0750 e. The standard InChI is InChI=1S/C12H12BrN3/c1-15-7-8-6-14-16(2)11(8)9-4-3-5-10(13)12(9)15/h3-6H,7H2,1-2H3/i2D3. The van der Waals surface area contributed by atoms with Crippen molar-refractivity contribution in [3.05, 3.63) is 34.4 Å². The van der Waals surface area contributed by atoms with Gasteiger partial charge in [-0.2, -0.15) is 5.10 Å². The Morgan fingerprint density at radius 3 is 3.19 bits per heavy atom. The van der Waals surface area contributed by atoms with E-state index < -0.39 is 6.98 Å². The summed E-state index contributed by atoms with van der Waals surface area (Å²) in [6.07, 6.45) is 1.64. The highest BCUT2D eigenvalue weighted by atomic mass is 79.9. The molecule has 82 valence electrons. The van der Waals surface area contributed by atoms with Crippen LogP contribution in [0.25, 0.3) is 11.3 Å². The van der Waals surface area contributed by atoms with Crippen LogP contribution in [0.15, 0.2) is 28.9 Å². The van der Waals surface area contributed by atoms with Crippen LogP contribution in [0.1, 0.15) is 9.68 Å². The van der Waals surface area contributed by atoms with E-state index in [9.17, 15) is 0 Å². The van der Waals surface area contributed by atoms with Gasteiger partial charge in [0.2, 0.25) is 0 Å². The summed E-state index contributed by atoms with van der Waals surface area (Å²) in [6, 6.07) is 5.79. The SMILES string of the molecule is [2H]C([2H])([2H])n1ncc2c1-c1cccc(Br)c1N(C)C2. The molecule has 0 N–H and O–H groups in total. The summed E-state index contributed by atoms with van der Waals surface area (Å²) < 4.78 is 24.8. The Morgan fingerprint density at radius 2 is 2.38 bits per heavy atom. The van der Waals surface area contributed by atoms with Crippen LogP contribution >= 0.6 is 15.9 Å². The molecule has 0 unspecified atom stereocenters. The van der Waals surface area contributed by atoms with Crippen molar-refractivity contribution in [2.24, 2.45) is 6.98 Å². The zero-order valence-electron chi connectivity index (χ0n) is 11.7. The number of nitrogens with zero attached hydrogens (tertiary/aromatic N) is 3. The van der Waals surface area contributed by atoms with Crippen LogP contribution in [0.3, 0.4) is 0 Å². The first-order valence-corrected chi connectivity index (χ1v) is 5.76. The van der Waals surface area contributed by atoms with Crippen LogP contribution in [0.2, 0.25) is 0 Å². The minimum absolute atomic E-state index is 0.654. The summed E-state index contributed by atoms with van der Waals surface area (Å²) in [5.41, 5.74) is 3.52. The Morgan fingerprint density at radius 1 is 1.50 bits per heavy atom. The molecule has 1 aliphatic rings. The lowest BCUT2D eigenvalue weighted by Gasteiger charge is -2.28. The van der Waals surface area contributed by atoms with Crippen molar-refractivity contribution in [1.82, 2.24) is 9.78 Å². The second kappa shape index (κ2) is 3.35. The molecule has 4 heteroatoms. The summed E-state index contributed by atoms with van der Waals surface area (Å²) in [6.45, 7) is -1.61. The minimum Gasteiger partial charge on any atom is -0.369 e. The molecule has 16 heavy (non-hydrogen) atoms. The van der Waals surface area contributed by atoms with Gasteiger partial charge in [0.1, 0.15) is 0 Å². The second-order valence-corrected chi connectivity index (χ2v) is 4.78. The Bertz CT molecular complexity index is 648. The van der Waals surface area contributed by atoms with Gasteiger partial charge in [-0.05, 0) is 22.0 Å². The molecule has 2 aromatic rings. The van der Waals surface area contributed by atoms with Crippen molar-refractivity contribution in [2.45, 2.75) is 6.54 Å². The molecule has 0 spiro atoms. The van der Waals surface area contributed by atoms with Gasteiger partial charge in [0.25, 0.3) is 0 Å². The van der Waals surface area contributed by atoms with Gasteiger partial charge >= 0.3 is 0 Å². The summed E-state index contributed by atoms with van der Waals surface area (Å²) in [4.78, 5) is 2.09. The maximum atomic E-state index is 7.58. The Hall–Kier alpha value is -1.29. The van der Waals surface area contributed by atoms with E-state index in [1.54, 1.807) is 6.20 Å². The normalized spacial score (nSPS) is 17.1. The number of fused-ring (bicyclic) bond motifs is 3. The molecule has 0 atom stereocenters. The lowest BCUT2D eigenvalue weighted by Crippen LogP contribution is -2.22. The fourth-order valence-corrected chi connectivity index (χ4v) is 2.88. The molecule has 0 bridgehead atoms. The molecular formula is C12H12BrN3. The first-order chi connectivity index (χ1) is 8.89. The van der Waals surface area contributed by atoms with Gasteiger partial charge in [-0.1, -0.05) is 12.1 Å². The van der Waals surface area contributed by atoms with Gasteiger partial charge in [0.05, 0.1) is 17.6 Å². The van der Waals surface area contributed by atoms with Crippen molar-refractivity contribution < 1.29 is 4.11 Å². The molecule has 0 saturated heterocycles. The third kappa shape index (κ3) is 1.23. The summed E-state index contributed by atoms with van der Waals surface area (Å²) in [7, 11) is 1.99. The molecule has 3 rings (SSSR count). The highest BCUT2D eigenvalue weighted by molar-refractivity contribution is 9.10. The van der Waals surface area contributed by atoms with Gasteiger partial charge in [-0.15, -0.1) is 0 Å². The molecule has 0 saturated carbocycles. The van der Waals surface area contributed by atoms with Crippen molar-refractivity contribution in [2.75, 3.05) is 11.9 Å². The predicted molar refractivity (Wildman–Crippen MR) is 68.5 cm³/mol. The highest BCUT2D eigenvalue weighted by Gasteiger charge is 2.24. The van der Waals surface area contributed by atoms with E-state index in [0.29, 0.717) is 12.2 Å². The predicted octanol–water partition coefficient (Wildman–Crippen LogP) is 2.80. The number of para-hydroxylation sites is 1. The summed E-state index contributed by atoms with van der Waals surface area (Å²) in [5, 5.41) is 4.04. The van der Waals surface area contributed by atoms with Gasteiger partial charge in [0.15, 0.2) is 0 Å². The first-order valence-electron chi connectivity index (χ1n) is 6.47. The average Bonchev–Trinajstić information content (AvgIpc) is 2.72. The smallest absolute Gasteiger partial charge is 0.0750 e. The average molecular weight is 281 g/mol. The number of anilines is 1. The summed E-state index contributed by atoms with van der Waals surface area (Å²) >= 11 is 3.53. The van der Waals surface area contributed by atoms with Crippen molar-refractivity contribution in [3.63, 3.8) is 0 Å². The largest absolute Gasteiger partial charge is 0.369 e. The van der Waals surface area contributed by atoms with Crippen LogP contribution in [-0.2, 0) is 13.5 Å². The van der Waals surface area contributed by atoms with E-state index in [4.69, 9.17) is 4.11 Å². The molecule has 0 radical (unpaired) electrons. The number of rotatable bonds is 0. The van der Waals surface area contributed by atoms with Gasteiger partial charge in [0, 0.05) is 40.3 Å². The fourth-order valence-electron chi connectivity index (χ4n) is 2.21. The zero-order valence-corrected chi connectivity index (χ0v) is 10.3. The molecule has 0 aliphatic carbocycles. The van der Waals surface area contributed by atoms with Crippen LogP contribution in [0.5, 0.6) is 0 Å². The maximum absolute atomic E-state index is 7.58. The third-order valence-electron chi connectivity index (χ3n) is 2.88. The molecule has 1 aromatic carbocycles. The van der Waals surface area contributed by atoms with Gasteiger partial charge < -0.3 is 4.90 Å². The highest BCUT2D eigenvalue weighted by Crippen LogP contribution is 2.41. The van der Waals surface area contributed by atoms with Crippen LogP contribution < -0.4 is 4.90 Å². The topological polar surface area (TPSA) is 21.1 Å². The number of aryl methyl sites for hydroxylation is 1. The van der Waals surface area contributed by atoms with Gasteiger partial charge in [-0.3, -0.25) is 4.68 Å². The van der Waals surface area contributed by atoms with E-state index in [1.807, 2.05) is 25.2 Å². The second-order valence-electron chi connectivity index (χ2n) is 3.92. The van der Waals surface area contributed by atoms with Crippen LogP contribution in [-0.4, -0.2) is 16.8 Å². The van der Waals surface area contributed by atoms with Crippen molar-refractivity contribution in [3.8, 4) is 11.3 Å². The van der Waals surface area contributed by atoms with E-state index in [-0.39, 0.29) is 0 Å². The number of halogens is 1. The van der Waals surface area contributed by atoms with Gasteiger partial charge in [-0.25, -0.2) is 0 Å². The number of benzene rings is 1. The zero-order chi connectivity index (χ0) is 13.8. The molecule has 1 aromatic heterocycles. The minimum atomic E-state index is -2.26. The third-order valence-corrected chi connectivity index (χ3v) is 3.52. The number of aromatic nitrogens is 2. The van der Waals surface area contributed by atoms with Crippen molar-refractivity contribution in [1.29, 1.82) is 0 Å². The van der Waals surface area contributed by atoms with E-state index in [0.717, 1.165) is 26.0 Å². The molecule has 0 amide bonds. The summed E-state index contributed by atoms with van der Waals surface area (Å²) in [5.74, 6) is 0. The monoisotopic (exact) mass is 280 g/mol. The van der Waals surface area contributed by atoms with Crippen molar-refractivity contribution >= 4 is 21.6 Å². The molecular weight excluding hydrogens is 266 g/mol. The van der Waals surface area contributed by atoms with Crippen LogP contribution in [0.4, 0.5) is 5.69 Å². The Balaban J connectivity index is 2.31. The van der Waals surface area contributed by atoms with E-state index in [2.05, 4.69) is 25.9 Å². The first kappa shape index (κ1) is 7.12. The Kier molecular flexibility index (Phi) is 1.49. The molecule has 0 fully saturated rings. The van der Waals surface area contributed by atoms with E-state index in [1.165, 1.54) is 0 Å². The van der Waals surface area contributed by atoms with Crippen LogP contribution in [0, 0.1) is 0 Å². The lowest BCUT2D eigenvalue weighted by molar-refractivity contribution is 0.772. The number of hydrogen-bond donors (Lipinski definition) is 0. The molecule has 1 aliphatic heterocycles. The Labute approximate surface area is 107 Å². The molecule has 3 nitrogen and oxygen atoms in total. The van der Waals surface area contributed by atoms with E-state index >= 15 is 0 Å².